The summed E-state index contributed by atoms with van der Waals surface area (Å²) < 4.78 is 49.6. The Morgan fingerprint density at radius 2 is 1.12 bits per heavy atom. The summed E-state index contributed by atoms with van der Waals surface area (Å²) in [6.07, 6.45) is -0.131. The van der Waals surface area contributed by atoms with Crippen molar-refractivity contribution in [2.24, 2.45) is 0 Å². The number of rotatable bonds is 8. The quantitative estimate of drug-likeness (QED) is 0.105. The van der Waals surface area contributed by atoms with Gasteiger partial charge in [-0.05, 0) is 64.3 Å². The first kappa shape index (κ1) is 52.4. The van der Waals surface area contributed by atoms with Crippen molar-refractivity contribution < 1.29 is 47.4 Å². The van der Waals surface area contributed by atoms with Crippen LogP contribution in [0, 0.1) is 0 Å². The van der Waals surface area contributed by atoms with E-state index in [0.717, 1.165) is 12.6 Å². The van der Waals surface area contributed by atoms with Gasteiger partial charge in [0.05, 0.1) is 22.3 Å². The zero-order valence-electron chi connectivity index (χ0n) is 36.1. The van der Waals surface area contributed by atoms with Crippen LogP contribution in [0.3, 0.4) is 0 Å². The number of aliphatic hydroxyl groups is 1. The zero-order chi connectivity index (χ0) is 46.4. The van der Waals surface area contributed by atoms with Crippen LogP contribution in [0.1, 0.15) is 50.7 Å². The average Bonchev–Trinajstić information content (AvgIpc) is 3.18. The van der Waals surface area contributed by atoms with E-state index in [1.807, 2.05) is 19.0 Å². The third-order valence-electron chi connectivity index (χ3n) is 11.3. The molecule has 66 heavy (non-hydrogen) atoms. The molecule has 0 aliphatic carbocycles. The standard InChI is InChI=1S/C25H30ClNO7P2.C21H20ClNO5.2CH4/c1-27-11-10-16(22(14-27)34-36(4,5)31)23-21(33-35(2,3)30)13-19(29)24-18(28)12-20(32-25(23)24)15-8-6-7-9-17(15)26;1-23-7-6-12(17(27)10-23)19-14(24)8-15(25)20-16(26)9-18(28-21(19)20)11-4-2-3-5-13(11)22;;/h6-9,12-13,16,22,29H,10-11,14H2,1-5H3;2-5,8-9,12,17,24-25,27H,6-7,10H2,1H3;2*1H4/t16-,22+;12-,17+;;/m00../s1. The van der Waals surface area contributed by atoms with E-state index in [1.165, 1.54) is 31.5 Å². The molecule has 6 aromatic rings. The van der Waals surface area contributed by atoms with Gasteiger partial charge >= 0.3 is 0 Å². The van der Waals surface area contributed by atoms with Crippen molar-refractivity contribution in [2.75, 3.05) is 66.9 Å². The summed E-state index contributed by atoms with van der Waals surface area (Å²) in [4.78, 5) is 30.1. The highest BCUT2D eigenvalue weighted by atomic mass is 35.5. The SMILES string of the molecule is C.C.CN1CC[C@H](c2c(O)cc(O)c3c(=O)cc(-c4ccccc4Cl)oc23)[C@H](O)C1.CN1CC[C@H](c2c(OP(C)(C)=O)cc(O)c3c(=O)cc(-c4ccccc4Cl)oc23)[C@H](OP(C)(C)=O)C1. The maximum absolute atomic E-state index is 13.3. The minimum Gasteiger partial charge on any atom is -0.507 e. The van der Waals surface area contributed by atoms with Gasteiger partial charge in [-0.15, -0.1) is 0 Å². The third kappa shape index (κ3) is 11.4. The molecule has 0 unspecified atom stereocenters. The molecule has 2 aliphatic heterocycles. The molecular formula is C48H58Cl2N2O12P2. The number of fused-ring (bicyclic) bond motifs is 2. The maximum Gasteiger partial charge on any atom is 0.242 e. The Bertz CT molecular complexity index is 2970. The lowest BCUT2D eigenvalue weighted by molar-refractivity contribution is 0.0630. The minimum atomic E-state index is -3.08. The van der Waals surface area contributed by atoms with Crippen LogP contribution in [0.5, 0.6) is 23.0 Å². The zero-order valence-corrected chi connectivity index (χ0v) is 39.4. The molecule has 2 fully saturated rings. The summed E-state index contributed by atoms with van der Waals surface area (Å²) in [6, 6.07) is 18.9. The van der Waals surface area contributed by atoms with E-state index in [1.54, 1.807) is 61.9 Å². The van der Waals surface area contributed by atoms with Crippen LogP contribution in [-0.4, -0.2) is 109 Å². The van der Waals surface area contributed by atoms with Crippen LogP contribution in [0.25, 0.3) is 44.6 Å². The second-order valence-electron chi connectivity index (χ2n) is 17.1. The molecule has 18 heteroatoms. The first-order chi connectivity index (χ1) is 30.1. The molecule has 2 aromatic heterocycles. The number of aromatic hydroxyl groups is 3. The molecule has 0 amide bonds. The number of likely N-dealkylation sites (tertiary alicyclic amines) is 2. The first-order valence-corrected chi connectivity index (χ1v) is 26.3. The second-order valence-corrected chi connectivity index (χ2v) is 23.3. The number of halogens is 2. The Labute approximate surface area is 394 Å². The maximum atomic E-state index is 13.3. The monoisotopic (exact) mass is 986 g/mol. The molecule has 2 aliphatic rings. The molecule has 4 heterocycles. The van der Waals surface area contributed by atoms with E-state index in [9.17, 15) is 39.1 Å². The van der Waals surface area contributed by atoms with E-state index < -0.39 is 49.6 Å². The van der Waals surface area contributed by atoms with Gasteiger partial charge in [-0.2, -0.15) is 0 Å². The fraction of sp³-hybridized carbons (Fsp3) is 0.375. The molecule has 4 N–H and O–H groups in total. The summed E-state index contributed by atoms with van der Waals surface area (Å²) in [5.74, 6) is -1.17. The topological polar surface area (TPSA) is 200 Å². The molecule has 14 nitrogen and oxygen atoms in total. The number of benzene rings is 4. The summed E-state index contributed by atoms with van der Waals surface area (Å²) >= 11 is 12.6. The number of phenolic OH excluding ortho intramolecular Hbond substituents is 3. The number of hydrogen-bond acceptors (Lipinski definition) is 14. The van der Waals surface area contributed by atoms with Gasteiger partial charge in [0, 0.05) is 98.1 Å². The van der Waals surface area contributed by atoms with Gasteiger partial charge in [0.25, 0.3) is 0 Å². The van der Waals surface area contributed by atoms with E-state index in [0.29, 0.717) is 64.8 Å². The Kier molecular flexibility index (Phi) is 16.4. The number of phenols is 3. The Morgan fingerprint density at radius 1 is 0.652 bits per heavy atom. The highest BCUT2D eigenvalue weighted by Gasteiger charge is 2.38. The van der Waals surface area contributed by atoms with Gasteiger partial charge in [0.1, 0.15) is 56.5 Å². The number of hydrogen-bond donors (Lipinski definition) is 4. The lowest BCUT2D eigenvalue weighted by atomic mass is 9.85. The molecule has 0 radical (unpaired) electrons. The molecular weight excluding hydrogens is 929 g/mol. The van der Waals surface area contributed by atoms with Crippen molar-refractivity contribution in [3.8, 4) is 45.6 Å². The number of piperidine rings is 2. The van der Waals surface area contributed by atoms with Crippen LogP contribution in [-0.2, 0) is 13.7 Å². The number of likely N-dealkylation sites (N-methyl/N-ethyl adjacent to an activating group) is 2. The minimum absolute atomic E-state index is 0. The van der Waals surface area contributed by atoms with Crippen molar-refractivity contribution in [3.05, 3.63) is 114 Å². The molecule has 4 atom stereocenters. The van der Waals surface area contributed by atoms with Gasteiger partial charge in [0.2, 0.25) is 7.37 Å². The van der Waals surface area contributed by atoms with E-state index in [4.69, 9.17) is 41.1 Å². The number of β-amino-alcohol motifs (C(OH)–C–C–N with tert-alkyl or cyclic N) is 1. The van der Waals surface area contributed by atoms with Crippen LogP contribution in [0.15, 0.2) is 91.2 Å². The lowest BCUT2D eigenvalue weighted by Crippen LogP contribution is -2.41. The fourth-order valence-electron chi connectivity index (χ4n) is 8.50. The lowest BCUT2D eigenvalue weighted by Gasteiger charge is -2.38. The number of aliphatic hydroxyl groups excluding tert-OH is 1. The summed E-state index contributed by atoms with van der Waals surface area (Å²) in [6.45, 7) is 8.34. The van der Waals surface area contributed by atoms with E-state index >= 15 is 0 Å². The molecule has 0 bridgehead atoms. The first-order valence-electron chi connectivity index (χ1n) is 20.5. The predicted molar refractivity (Wildman–Crippen MR) is 264 cm³/mol. The van der Waals surface area contributed by atoms with Gasteiger partial charge in [-0.3, -0.25) is 18.7 Å². The van der Waals surface area contributed by atoms with Crippen molar-refractivity contribution in [2.45, 2.75) is 51.7 Å². The smallest absolute Gasteiger partial charge is 0.242 e. The molecule has 0 spiro atoms. The van der Waals surface area contributed by atoms with Gasteiger partial charge in [-0.25, -0.2) is 0 Å². The second kappa shape index (κ2) is 20.7. The van der Waals surface area contributed by atoms with E-state index in [-0.39, 0.29) is 71.3 Å². The van der Waals surface area contributed by atoms with Gasteiger partial charge < -0.3 is 48.1 Å². The van der Waals surface area contributed by atoms with Crippen LogP contribution < -0.4 is 15.4 Å². The fourth-order valence-corrected chi connectivity index (χ4v) is 10.5. The highest BCUT2D eigenvalue weighted by molar-refractivity contribution is 7.57. The van der Waals surface area contributed by atoms with Crippen molar-refractivity contribution in [1.82, 2.24) is 9.80 Å². The van der Waals surface area contributed by atoms with Crippen LogP contribution in [0.2, 0.25) is 10.0 Å². The van der Waals surface area contributed by atoms with Gasteiger partial charge in [-0.1, -0.05) is 62.3 Å². The third-order valence-corrected chi connectivity index (χ3v) is 13.3. The van der Waals surface area contributed by atoms with Crippen molar-refractivity contribution >= 4 is 59.9 Å². The van der Waals surface area contributed by atoms with E-state index in [2.05, 4.69) is 4.90 Å². The Morgan fingerprint density at radius 3 is 1.61 bits per heavy atom. The highest BCUT2D eigenvalue weighted by Crippen LogP contribution is 2.52. The molecule has 2 saturated heterocycles. The molecule has 356 valence electrons. The van der Waals surface area contributed by atoms with Crippen LogP contribution in [0.4, 0.5) is 0 Å². The summed E-state index contributed by atoms with van der Waals surface area (Å²) in [7, 11) is -2.14. The van der Waals surface area contributed by atoms with Crippen molar-refractivity contribution in [3.63, 3.8) is 0 Å². The van der Waals surface area contributed by atoms with Crippen molar-refractivity contribution in [1.29, 1.82) is 0 Å². The largest absolute Gasteiger partial charge is 0.507 e. The average molecular weight is 988 g/mol. The Balaban J connectivity index is 0.000000247. The number of nitrogens with zero attached hydrogens (tertiary/aromatic N) is 2. The van der Waals surface area contributed by atoms with Gasteiger partial charge in [0.15, 0.2) is 18.2 Å². The summed E-state index contributed by atoms with van der Waals surface area (Å²) in [5.41, 5.74) is 1.09. The Hall–Kier alpha value is -4.62. The summed E-state index contributed by atoms with van der Waals surface area (Å²) in [5, 5.41) is 43.0. The molecule has 4 aromatic carbocycles. The molecule has 0 saturated carbocycles. The predicted octanol–water partition coefficient (Wildman–Crippen LogP) is 10.7. The van der Waals surface area contributed by atoms with Crippen LogP contribution >= 0.6 is 37.9 Å². The molecule has 8 rings (SSSR count). The normalized spacial score (nSPS) is 19.3.